The molecule has 0 atom stereocenters. The Morgan fingerprint density at radius 1 is 1.30 bits per heavy atom. The third-order valence-corrected chi connectivity index (χ3v) is 5.50. The molecule has 1 saturated heterocycles. The van der Waals surface area contributed by atoms with Gasteiger partial charge in [0.15, 0.2) is 0 Å². The van der Waals surface area contributed by atoms with Crippen LogP contribution in [-0.2, 0) is 14.8 Å². The molecule has 0 radical (unpaired) electrons. The number of piperazine rings is 1. The Labute approximate surface area is 121 Å². The van der Waals surface area contributed by atoms with Crippen LogP contribution in [0.2, 0.25) is 0 Å². The fraction of sp³-hybridized carbons (Fsp3) is 0.917. The normalized spacial score (nSPS) is 18.2. The van der Waals surface area contributed by atoms with Crippen molar-refractivity contribution in [2.75, 3.05) is 52.6 Å². The first kappa shape index (κ1) is 17.4. The lowest BCUT2D eigenvalue weighted by Crippen LogP contribution is -2.60. The van der Waals surface area contributed by atoms with Crippen molar-refractivity contribution in [3.63, 3.8) is 0 Å². The highest BCUT2D eigenvalue weighted by Crippen LogP contribution is 2.15. The molecule has 0 spiro atoms. The molecular formula is C12H26N4O3S. The van der Waals surface area contributed by atoms with Crippen LogP contribution < -0.4 is 10.6 Å². The second-order valence-corrected chi connectivity index (χ2v) is 7.95. The van der Waals surface area contributed by atoms with Crippen molar-refractivity contribution < 1.29 is 13.2 Å². The first-order valence-corrected chi connectivity index (χ1v) is 8.43. The van der Waals surface area contributed by atoms with E-state index in [9.17, 15) is 13.2 Å². The number of amides is 1. The summed E-state index contributed by atoms with van der Waals surface area (Å²) in [6.45, 7) is 7.24. The van der Waals surface area contributed by atoms with Crippen molar-refractivity contribution in [1.29, 1.82) is 0 Å². The third kappa shape index (κ3) is 4.41. The van der Waals surface area contributed by atoms with Gasteiger partial charge in [-0.25, -0.2) is 12.7 Å². The molecule has 1 fully saturated rings. The van der Waals surface area contributed by atoms with Crippen LogP contribution in [0.1, 0.15) is 13.8 Å². The van der Waals surface area contributed by atoms with Crippen LogP contribution in [0.25, 0.3) is 0 Å². The minimum Gasteiger partial charge on any atom is -0.353 e. The molecular weight excluding hydrogens is 280 g/mol. The molecule has 1 heterocycles. The summed E-state index contributed by atoms with van der Waals surface area (Å²) in [5, 5.41) is 5.97. The maximum Gasteiger partial charge on any atom is 0.239 e. The largest absolute Gasteiger partial charge is 0.353 e. The molecule has 8 heteroatoms. The average molecular weight is 306 g/mol. The van der Waals surface area contributed by atoms with Gasteiger partial charge in [0.1, 0.15) is 0 Å². The predicted molar refractivity (Wildman–Crippen MR) is 79.0 cm³/mol. The lowest BCUT2D eigenvalue weighted by atomic mass is 10.0. The maximum atomic E-state index is 12.2. The van der Waals surface area contributed by atoms with Gasteiger partial charge in [0.25, 0.3) is 0 Å². The Hall–Kier alpha value is -0.700. The van der Waals surface area contributed by atoms with Crippen molar-refractivity contribution in [2.24, 2.45) is 0 Å². The number of rotatable bonds is 6. The van der Waals surface area contributed by atoms with Crippen LogP contribution >= 0.6 is 0 Å². The van der Waals surface area contributed by atoms with Crippen LogP contribution in [0.3, 0.4) is 0 Å². The van der Waals surface area contributed by atoms with E-state index >= 15 is 0 Å². The zero-order valence-corrected chi connectivity index (χ0v) is 13.6. The fourth-order valence-electron chi connectivity index (χ4n) is 2.06. The van der Waals surface area contributed by atoms with E-state index in [4.69, 9.17) is 0 Å². The van der Waals surface area contributed by atoms with E-state index < -0.39 is 15.6 Å². The number of carbonyl (C=O) groups is 1. The molecule has 1 amide bonds. The number of hydrogen-bond donors (Lipinski definition) is 2. The molecule has 2 N–H and O–H groups in total. The van der Waals surface area contributed by atoms with Gasteiger partial charge in [-0.1, -0.05) is 0 Å². The second-order valence-electron chi connectivity index (χ2n) is 5.65. The highest BCUT2D eigenvalue weighted by atomic mass is 32.2. The summed E-state index contributed by atoms with van der Waals surface area (Å²) in [6.07, 6.45) is 0. The van der Waals surface area contributed by atoms with Gasteiger partial charge in [0.05, 0.1) is 11.3 Å². The summed E-state index contributed by atoms with van der Waals surface area (Å²) in [7, 11) is -0.293. The van der Waals surface area contributed by atoms with Crippen LogP contribution in [0, 0.1) is 0 Å². The van der Waals surface area contributed by atoms with Gasteiger partial charge in [-0.15, -0.1) is 0 Å². The molecule has 1 aliphatic heterocycles. The quantitative estimate of drug-likeness (QED) is 0.636. The third-order valence-electron chi connectivity index (χ3n) is 3.67. The smallest absolute Gasteiger partial charge is 0.239 e. The predicted octanol–water partition coefficient (Wildman–Crippen LogP) is -1.32. The molecule has 20 heavy (non-hydrogen) atoms. The summed E-state index contributed by atoms with van der Waals surface area (Å²) in [5.41, 5.74) is -0.621. The van der Waals surface area contributed by atoms with Gasteiger partial charge in [0, 0.05) is 46.8 Å². The summed E-state index contributed by atoms with van der Waals surface area (Å²) >= 11 is 0. The molecule has 1 aliphatic rings. The van der Waals surface area contributed by atoms with Gasteiger partial charge >= 0.3 is 0 Å². The first-order valence-electron chi connectivity index (χ1n) is 6.82. The fourth-order valence-corrected chi connectivity index (χ4v) is 2.79. The highest BCUT2D eigenvalue weighted by Gasteiger charge is 2.35. The molecule has 118 valence electrons. The van der Waals surface area contributed by atoms with E-state index in [1.54, 1.807) is 0 Å². The lowest BCUT2D eigenvalue weighted by molar-refractivity contribution is -0.132. The van der Waals surface area contributed by atoms with Crippen molar-refractivity contribution in [1.82, 2.24) is 19.8 Å². The Kier molecular flexibility index (Phi) is 5.93. The summed E-state index contributed by atoms with van der Waals surface area (Å²) in [6, 6.07) is 0. The maximum absolute atomic E-state index is 12.2. The zero-order valence-electron chi connectivity index (χ0n) is 12.8. The summed E-state index contributed by atoms with van der Waals surface area (Å²) in [5.74, 6) is -0.211. The Balaban J connectivity index is 2.49. The Bertz CT molecular complexity index is 428. The molecule has 0 bridgehead atoms. The van der Waals surface area contributed by atoms with Crippen LogP contribution in [-0.4, -0.2) is 81.6 Å². The number of sulfonamides is 1. The van der Waals surface area contributed by atoms with Gasteiger partial charge in [0.2, 0.25) is 15.9 Å². The van der Waals surface area contributed by atoms with Crippen molar-refractivity contribution in [3.8, 4) is 0 Å². The SMILES string of the molecule is CN(C)S(=O)(=O)CCNC(=O)C(C)(C)N1CCNCC1. The van der Waals surface area contributed by atoms with E-state index in [2.05, 4.69) is 15.5 Å². The second kappa shape index (κ2) is 6.84. The standard InChI is InChI=1S/C12H26N4O3S/c1-12(2,16-8-5-13-6-9-16)11(17)14-7-10-20(18,19)15(3)4/h13H,5-10H2,1-4H3,(H,14,17). The topological polar surface area (TPSA) is 81.8 Å². The summed E-state index contributed by atoms with van der Waals surface area (Å²) < 4.78 is 24.4. The monoisotopic (exact) mass is 306 g/mol. The number of nitrogens with zero attached hydrogens (tertiary/aromatic N) is 2. The number of carbonyl (C=O) groups excluding carboxylic acids is 1. The Morgan fingerprint density at radius 2 is 1.85 bits per heavy atom. The molecule has 7 nitrogen and oxygen atoms in total. The van der Waals surface area contributed by atoms with Crippen LogP contribution in [0.5, 0.6) is 0 Å². The minimum absolute atomic E-state index is 0.0800. The number of nitrogens with one attached hydrogen (secondary N) is 2. The molecule has 0 aromatic rings. The van der Waals surface area contributed by atoms with E-state index in [-0.39, 0.29) is 18.2 Å². The Morgan fingerprint density at radius 3 is 2.35 bits per heavy atom. The van der Waals surface area contributed by atoms with Gasteiger partial charge in [-0.2, -0.15) is 0 Å². The van der Waals surface area contributed by atoms with Crippen LogP contribution in [0.15, 0.2) is 0 Å². The molecule has 0 aromatic heterocycles. The highest BCUT2D eigenvalue weighted by molar-refractivity contribution is 7.89. The molecule has 1 rings (SSSR count). The summed E-state index contributed by atoms with van der Waals surface area (Å²) in [4.78, 5) is 14.3. The van der Waals surface area contributed by atoms with Crippen molar-refractivity contribution in [3.05, 3.63) is 0 Å². The van der Waals surface area contributed by atoms with Crippen molar-refractivity contribution in [2.45, 2.75) is 19.4 Å². The van der Waals surface area contributed by atoms with E-state index in [1.807, 2.05) is 13.8 Å². The van der Waals surface area contributed by atoms with Crippen LogP contribution in [0.4, 0.5) is 0 Å². The molecule has 0 unspecified atom stereocenters. The lowest BCUT2D eigenvalue weighted by Gasteiger charge is -2.39. The zero-order chi connectivity index (χ0) is 15.4. The van der Waals surface area contributed by atoms with Gasteiger partial charge in [-0.3, -0.25) is 9.69 Å². The molecule has 0 aliphatic carbocycles. The van der Waals surface area contributed by atoms with Gasteiger partial charge < -0.3 is 10.6 Å². The minimum atomic E-state index is -3.27. The van der Waals surface area contributed by atoms with E-state index in [1.165, 1.54) is 18.4 Å². The molecule has 0 saturated carbocycles. The van der Waals surface area contributed by atoms with E-state index in [0.29, 0.717) is 0 Å². The average Bonchev–Trinajstić information content (AvgIpc) is 2.39. The molecule has 0 aromatic carbocycles. The van der Waals surface area contributed by atoms with Gasteiger partial charge in [-0.05, 0) is 13.8 Å². The number of hydrogen-bond acceptors (Lipinski definition) is 5. The van der Waals surface area contributed by atoms with Crippen molar-refractivity contribution >= 4 is 15.9 Å². The van der Waals surface area contributed by atoms with E-state index in [0.717, 1.165) is 26.2 Å². The first-order chi connectivity index (χ1) is 9.18.